The third-order valence-corrected chi connectivity index (χ3v) is 10.1. The molecule has 1 aromatic carbocycles. The fraction of sp³-hybridized carbons (Fsp3) is 0.594. The first-order valence-electron chi connectivity index (χ1n) is 15.7. The Balaban J connectivity index is 1.59. The van der Waals surface area contributed by atoms with E-state index in [2.05, 4.69) is 27.3 Å². The molecule has 0 aromatic heterocycles. The number of rotatable bonds is 10. The van der Waals surface area contributed by atoms with Crippen LogP contribution in [0.1, 0.15) is 67.2 Å². The van der Waals surface area contributed by atoms with Crippen LogP contribution in [0.4, 0.5) is 19.7 Å². The molecule has 1 aromatic rings. The van der Waals surface area contributed by atoms with Gasteiger partial charge in [-0.15, -0.1) is 6.58 Å². The van der Waals surface area contributed by atoms with Crippen LogP contribution in [0.5, 0.6) is 0 Å². The van der Waals surface area contributed by atoms with Crippen LogP contribution in [0.2, 0.25) is 0 Å². The van der Waals surface area contributed by atoms with E-state index in [1.807, 2.05) is 0 Å². The van der Waals surface area contributed by atoms with Gasteiger partial charge < -0.3 is 25.0 Å². The molecule has 2 unspecified atom stereocenters. The molecule has 264 valence electrons. The Hall–Kier alpha value is -4.21. The normalized spacial score (nSPS) is 24.5. The second-order valence-electron chi connectivity index (χ2n) is 14.5. The van der Waals surface area contributed by atoms with Crippen LogP contribution in [0.3, 0.4) is 0 Å². The van der Waals surface area contributed by atoms with Crippen LogP contribution in [-0.4, -0.2) is 84.3 Å². The van der Waals surface area contributed by atoms with E-state index in [0.717, 1.165) is 11.0 Å². The van der Waals surface area contributed by atoms with E-state index in [1.54, 1.807) is 41.5 Å². The maximum absolute atomic E-state index is 14.2. The maximum atomic E-state index is 14.2. The lowest BCUT2D eigenvalue weighted by molar-refractivity contribution is -0.143. The number of amides is 5. The predicted molar refractivity (Wildman–Crippen MR) is 172 cm³/mol. The number of halogens is 1. The zero-order valence-corrected chi connectivity index (χ0v) is 28.7. The average molecular weight is 694 g/mol. The van der Waals surface area contributed by atoms with Crippen molar-refractivity contribution in [3.8, 4) is 0 Å². The Morgan fingerprint density at radius 3 is 2.25 bits per heavy atom. The SMILES string of the molecule is C=CC1CC1(NC(=O)[C@@H]1C[C@@H](OC(=O)Nc2ccccc2F)CN1C(=O)[C@@H](NC(=O)OC(C)(C)C)C(C)(C)C)C(=O)NS(=O)(=O)C1CC1. The van der Waals surface area contributed by atoms with Gasteiger partial charge >= 0.3 is 12.2 Å². The molecule has 3 aliphatic rings. The third-order valence-electron chi connectivity index (χ3n) is 8.26. The summed E-state index contributed by atoms with van der Waals surface area (Å²) in [5.41, 5.74) is -3.53. The highest BCUT2D eigenvalue weighted by molar-refractivity contribution is 7.91. The molecular weight excluding hydrogens is 649 g/mol. The molecule has 4 rings (SSSR count). The Labute approximate surface area is 279 Å². The van der Waals surface area contributed by atoms with Crippen molar-refractivity contribution in [1.29, 1.82) is 0 Å². The van der Waals surface area contributed by atoms with Crippen molar-refractivity contribution < 1.29 is 46.3 Å². The summed E-state index contributed by atoms with van der Waals surface area (Å²) in [6, 6.07) is 2.90. The highest BCUT2D eigenvalue weighted by Crippen LogP contribution is 2.45. The van der Waals surface area contributed by atoms with E-state index >= 15 is 0 Å². The maximum Gasteiger partial charge on any atom is 0.412 e. The molecule has 1 heterocycles. The lowest BCUT2D eigenvalue weighted by Gasteiger charge is -2.36. The van der Waals surface area contributed by atoms with Gasteiger partial charge in [-0.2, -0.15) is 0 Å². The van der Waals surface area contributed by atoms with E-state index < -0.39 is 91.7 Å². The summed E-state index contributed by atoms with van der Waals surface area (Å²) in [5.74, 6) is -3.71. The van der Waals surface area contributed by atoms with Crippen LogP contribution in [0, 0.1) is 17.2 Å². The second kappa shape index (κ2) is 13.4. The summed E-state index contributed by atoms with van der Waals surface area (Å²) < 4.78 is 52.2. The van der Waals surface area contributed by atoms with Crippen molar-refractivity contribution in [2.45, 2.75) is 102 Å². The van der Waals surface area contributed by atoms with Gasteiger partial charge in [0, 0.05) is 12.3 Å². The van der Waals surface area contributed by atoms with Gasteiger partial charge in [-0.25, -0.2) is 22.4 Å². The first-order valence-corrected chi connectivity index (χ1v) is 17.2. The third kappa shape index (κ3) is 8.62. The van der Waals surface area contributed by atoms with Crippen LogP contribution in [0.15, 0.2) is 36.9 Å². The Morgan fingerprint density at radius 2 is 1.71 bits per heavy atom. The van der Waals surface area contributed by atoms with Gasteiger partial charge in [-0.1, -0.05) is 39.0 Å². The molecule has 14 nitrogen and oxygen atoms in total. The number of sulfonamides is 1. The molecule has 0 bridgehead atoms. The van der Waals surface area contributed by atoms with Gasteiger partial charge in [0.25, 0.3) is 5.91 Å². The molecule has 5 atom stereocenters. The minimum absolute atomic E-state index is 0.0741. The molecule has 1 saturated heterocycles. The summed E-state index contributed by atoms with van der Waals surface area (Å²) in [4.78, 5) is 68.1. The molecule has 2 aliphatic carbocycles. The molecular formula is C32H44FN5O9S. The average Bonchev–Trinajstić information content (AvgIpc) is 3.88. The number of hydrogen-bond acceptors (Lipinski definition) is 9. The molecule has 5 amide bonds. The first-order chi connectivity index (χ1) is 22.2. The quantitative estimate of drug-likeness (QED) is 0.267. The summed E-state index contributed by atoms with van der Waals surface area (Å²) in [7, 11) is -3.94. The second-order valence-corrected chi connectivity index (χ2v) is 16.5. The van der Waals surface area contributed by atoms with Crippen molar-refractivity contribution in [3.05, 3.63) is 42.7 Å². The number of benzene rings is 1. The molecule has 16 heteroatoms. The number of carbonyl (C=O) groups is 5. The Morgan fingerprint density at radius 1 is 1.06 bits per heavy atom. The Kier molecular flexibility index (Phi) is 10.2. The van der Waals surface area contributed by atoms with Gasteiger partial charge in [0.2, 0.25) is 21.8 Å². The van der Waals surface area contributed by atoms with Crippen molar-refractivity contribution >= 4 is 45.6 Å². The predicted octanol–water partition coefficient (Wildman–Crippen LogP) is 2.95. The van der Waals surface area contributed by atoms with Gasteiger partial charge in [0.1, 0.15) is 35.1 Å². The highest BCUT2D eigenvalue weighted by atomic mass is 32.2. The number of para-hydroxylation sites is 1. The Bertz CT molecular complexity index is 1580. The molecule has 2 saturated carbocycles. The number of alkyl carbamates (subject to hydrolysis) is 1. The lowest BCUT2D eigenvalue weighted by atomic mass is 9.85. The standard InChI is InChI=1S/C32H44FN5O9S/c1-8-18-16-32(18,27(41)37-48(44,45)20-13-14-20)36-25(39)23-15-19(46-28(42)34-22-12-10-9-11-21(22)33)17-38(23)26(40)24(30(2,3)4)35-29(43)47-31(5,6)7/h8-12,18-20,23-24H,1,13-17H2,2-7H3,(H,34,42)(H,35,43)(H,36,39)(H,37,41)/t18?,19-,23+,24-,32?/m1/s1. The van der Waals surface area contributed by atoms with Crippen LogP contribution >= 0.6 is 0 Å². The summed E-state index contributed by atoms with van der Waals surface area (Å²) >= 11 is 0. The number of anilines is 1. The number of likely N-dealkylation sites (tertiary alicyclic amines) is 1. The van der Waals surface area contributed by atoms with E-state index in [0.29, 0.717) is 12.8 Å². The minimum atomic E-state index is -3.94. The van der Waals surface area contributed by atoms with E-state index in [4.69, 9.17) is 9.47 Å². The van der Waals surface area contributed by atoms with E-state index in [1.165, 1.54) is 24.3 Å². The van der Waals surface area contributed by atoms with Crippen molar-refractivity contribution in [2.24, 2.45) is 11.3 Å². The van der Waals surface area contributed by atoms with Gasteiger partial charge in [-0.05, 0) is 57.6 Å². The number of nitrogens with one attached hydrogen (secondary N) is 4. The topological polar surface area (TPSA) is 189 Å². The van der Waals surface area contributed by atoms with Crippen molar-refractivity contribution in [2.75, 3.05) is 11.9 Å². The summed E-state index contributed by atoms with van der Waals surface area (Å²) in [6.45, 7) is 13.5. The van der Waals surface area contributed by atoms with Gasteiger partial charge in [-0.3, -0.25) is 24.4 Å². The van der Waals surface area contributed by atoms with E-state index in [9.17, 15) is 36.8 Å². The molecule has 0 spiro atoms. The lowest BCUT2D eigenvalue weighted by Crippen LogP contribution is -2.60. The molecule has 0 radical (unpaired) electrons. The first kappa shape index (κ1) is 36.6. The number of carbonyl (C=O) groups excluding carboxylic acids is 5. The number of nitrogens with zero attached hydrogens (tertiary/aromatic N) is 1. The van der Waals surface area contributed by atoms with Gasteiger partial charge in [0.05, 0.1) is 17.5 Å². The fourth-order valence-electron chi connectivity index (χ4n) is 5.49. The van der Waals surface area contributed by atoms with Crippen molar-refractivity contribution in [3.63, 3.8) is 0 Å². The summed E-state index contributed by atoms with van der Waals surface area (Å²) in [6.07, 6.45) is -0.838. The fourth-order valence-corrected chi connectivity index (χ4v) is 6.85. The number of ether oxygens (including phenoxy) is 2. The van der Waals surface area contributed by atoms with Crippen LogP contribution in [-0.2, 0) is 33.9 Å². The smallest absolute Gasteiger partial charge is 0.412 e. The monoisotopic (exact) mass is 693 g/mol. The highest BCUT2D eigenvalue weighted by Gasteiger charge is 2.62. The molecule has 3 fully saturated rings. The van der Waals surface area contributed by atoms with Crippen molar-refractivity contribution in [1.82, 2.24) is 20.3 Å². The summed E-state index contributed by atoms with van der Waals surface area (Å²) in [5, 5.41) is 6.86. The van der Waals surface area contributed by atoms with E-state index in [-0.39, 0.29) is 25.1 Å². The zero-order chi connectivity index (χ0) is 35.8. The molecule has 4 N–H and O–H groups in total. The van der Waals surface area contributed by atoms with Gasteiger partial charge in [0.15, 0.2) is 0 Å². The number of hydrogen-bond donors (Lipinski definition) is 4. The van der Waals surface area contributed by atoms with Crippen LogP contribution in [0.25, 0.3) is 0 Å². The largest absolute Gasteiger partial charge is 0.444 e. The molecule has 48 heavy (non-hydrogen) atoms. The molecule has 1 aliphatic heterocycles. The minimum Gasteiger partial charge on any atom is -0.444 e. The zero-order valence-electron chi connectivity index (χ0n) is 27.9. The van der Waals surface area contributed by atoms with Crippen LogP contribution < -0.4 is 20.7 Å².